The third-order valence-corrected chi connectivity index (χ3v) is 6.22. The number of carbonyl (C=O) groups is 1. The Bertz CT molecular complexity index is 1390. The van der Waals surface area contributed by atoms with E-state index in [-0.39, 0.29) is 17.7 Å². The summed E-state index contributed by atoms with van der Waals surface area (Å²) in [6.07, 6.45) is 1.20. The number of nitrogens with one attached hydrogen (secondary N) is 2. The van der Waals surface area contributed by atoms with Crippen molar-refractivity contribution >= 4 is 50.5 Å². The van der Waals surface area contributed by atoms with Crippen LogP contribution in [0.4, 0.5) is 27.4 Å². The quantitative estimate of drug-likeness (QED) is 0.338. The topological polar surface area (TPSA) is 88.6 Å². The van der Waals surface area contributed by atoms with Gasteiger partial charge in [-0.05, 0) is 47.9 Å². The van der Waals surface area contributed by atoms with Crippen molar-refractivity contribution in [2.45, 2.75) is 0 Å². The fourth-order valence-corrected chi connectivity index (χ4v) is 4.43. The molecule has 2 N–H and O–H groups in total. The predicted molar refractivity (Wildman–Crippen MR) is 135 cm³/mol. The van der Waals surface area contributed by atoms with Crippen molar-refractivity contribution in [3.63, 3.8) is 0 Å². The van der Waals surface area contributed by atoms with Gasteiger partial charge in [-0.3, -0.25) is 4.79 Å². The van der Waals surface area contributed by atoms with Crippen molar-refractivity contribution in [3.05, 3.63) is 72.4 Å². The van der Waals surface area contributed by atoms with E-state index in [0.717, 1.165) is 4.70 Å². The second-order valence-electron chi connectivity index (χ2n) is 7.70. The molecule has 0 atom stereocenters. The first-order valence-corrected chi connectivity index (χ1v) is 11.8. The number of halogens is 1. The number of hydrogen-bond donors (Lipinski definition) is 2. The fraction of sp³-hybridized carbons (Fsp3) is 0.160. The van der Waals surface area contributed by atoms with Gasteiger partial charge in [0.15, 0.2) is 0 Å². The predicted octanol–water partition coefficient (Wildman–Crippen LogP) is 5.33. The Labute approximate surface area is 205 Å². The zero-order chi connectivity index (χ0) is 24.2. The van der Waals surface area contributed by atoms with Crippen LogP contribution in [0.5, 0.6) is 11.6 Å². The van der Waals surface area contributed by atoms with Gasteiger partial charge in [0, 0.05) is 30.5 Å². The number of hydrogen-bond acceptors (Lipinski definition) is 8. The molecule has 8 nitrogen and oxygen atoms in total. The summed E-state index contributed by atoms with van der Waals surface area (Å²) in [5.41, 5.74) is 2.33. The molecule has 0 bridgehead atoms. The summed E-state index contributed by atoms with van der Waals surface area (Å²) in [6, 6.07) is 13.8. The smallest absolute Gasteiger partial charge is 0.247 e. The third-order valence-electron chi connectivity index (χ3n) is 5.33. The molecule has 3 heterocycles. The largest absolute Gasteiger partial charge is 0.437 e. The SMILES string of the molecule is C=CC(=O)Nc1cccc(Oc2nc(Nc3ccc(N4CCOCC4)c(F)c3)nc3ccsc23)c1. The van der Waals surface area contributed by atoms with Crippen molar-refractivity contribution in [2.75, 3.05) is 41.8 Å². The number of rotatable bonds is 7. The van der Waals surface area contributed by atoms with Crippen LogP contribution in [0.3, 0.4) is 0 Å². The Balaban J connectivity index is 1.39. The maximum absolute atomic E-state index is 14.8. The van der Waals surface area contributed by atoms with Crippen LogP contribution in [0, 0.1) is 5.82 Å². The lowest BCUT2D eigenvalue weighted by Gasteiger charge is -2.29. The summed E-state index contributed by atoms with van der Waals surface area (Å²) >= 11 is 1.45. The fourth-order valence-electron chi connectivity index (χ4n) is 3.68. The van der Waals surface area contributed by atoms with Gasteiger partial charge in [-0.25, -0.2) is 9.37 Å². The molecule has 0 saturated carbocycles. The van der Waals surface area contributed by atoms with E-state index in [1.165, 1.54) is 23.5 Å². The second-order valence-corrected chi connectivity index (χ2v) is 8.62. The van der Waals surface area contributed by atoms with E-state index < -0.39 is 0 Å². The first-order chi connectivity index (χ1) is 17.1. The maximum atomic E-state index is 14.8. The highest BCUT2D eigenvalue weighted by Crippen LogP contribution is 2.34. The molecule has 1 aliphatic rings. The molecule has 0 unspecified atom stereocenters. The molecule has 0 spiro atoms. The summed E-state index contributed by atoms with van der Waals surface area (Å²) < 4.78 is 27.0. The van der Waals surface area contributed by atoms with E-state index in [1.807, 2.05) is 16.3 Å². The molecule has 178 valence electrons. The first-order valence-electron chi connectivity index (χ1n) is 10.9. The summed E-state index contributed by atoms with van der Waals surface area (Å²) in [6.45, 7) is 5.93. The van der Waals surface area contributed by atoms with Crippen LogP contribution in [-0.2, 0) is 9.53 Å². The molecule has 0 radical (unpaired) electrons. The minimum atomic E-state index is -0.330. The van der Waals surface area contributed by atoms with Gasteiger partial charge in [0.1, 0.15) is 16.3 Å². The Morgan fingerprint density at radius 2 is 2.00 bits per heavy atom. The van der Waals surface area contributed by atoms with Gasteiger partial charge < -0.3 is 25.0 Å². The van der Waals surface area contributed by atoms with E-state index in [2.05, 4.69) is 27.2 Å². The van der Waals surface area contributed by atoms with Crippen LogP contribution in [0.2, 0.25) is 0 Å². The number of morpholine rings is 1. The van der Waals surface area contributed by atoms with Gasteiger partial charge in [-0.1, -0.05) is 12.6 Å². The number of anilines is 4. The molecule has 0 aliphatic carbocycles. The standard InChI is InChI=1S/C25H22FN5O3S/c1-2-22(32)27-16-4-3-5-18(14-16)34-24-23-20(8-13-35-23)29-25(30-24)28-17-6-7-21(19(26)15-17)31-9-11-33-12-10-31/h2-8,13-15H,1,9-12H2,(H,27,32)(H,28,29,30). The summed E-state index contributed by atoms with van der Waals surface area (Å²) in [4.78, 5) is 22.6. The van der Waals surface area contributed by atoms with E-state index in [1.54, 1.807) is 36.4 Å². The molecular formula is C25H22FN5O3S. The van der Waals surface area contributed by atoms with E-state index in [4.69, 9.17) is 9.47 Å². The van der Waals surface area contributed by atoms with Gasteiger partial charge in [0.25, 0.3) is 0 Å². The van der Waals surface area contributed by atoms with Crippen LogP contribution < -0.4 is 20.3 Å². The highest BCUT2D eigenvalue weighted by molar-refractivity contribution is 7.17. The number of aromatic nitrogens is 2. The average molecular weight is 492 g/mol. The number of fused-ring (bicyclic) bond motifs is 1. The van der Waals surface area contributed by atoms with Gasteiger partial charge in [0.2, 0.25) is 17.7 Å². The minimum Gasteiger partial charge on any atom is -0.437 e. The normalized spacial score (nSPS) is 13.5. The second kappa shape index (κ2) is 10.1. The maximum Gasteiger partial charge on any atom is 0.247 e. The van der Waals surface area contributed by atoms with Crippen molar-refractivity contribution in [2.24, 2.45) is 0 Å². The minimum absolute atomic E-state index is 0.278. The molecular weight excluding hydrogens is 469 g/mol. The Morgan fingerprint density at radius 1 is 1.14 bits per heavy atom. The molecule has 2 aromatic heterocycles. The molecule has 1 amide bonds. The Kier molecular flexibility index (Phi) is 6.55. The number of carbonyl (C=O) groups excluding carboxylic acids is 1. The average Bonchev–Trinajstić information content (AvgIpc) is 3.34. The highest BCUT2D eigenvalue weighted by atomic mass is 32.1. The summed E-state index contributed by atoms with van der Waals surface area (Å²) in [5, 5.41) is 7.68. The zero-order valence-corrected chi connectivity index (χ0v) is 19.5. The van der Waals surface area contributed by atoms with Gasteiger partial charge in [-0.2, -0.15) is 4.98 Å². The van der Waals surface area contributed by atoms with Crippen LogP contribution >= 0.6 is 11.3 Å². The van der Waals surface area contributed by atoms with Gasteiger partial charge in [-0.15, -0.1) is 11.3 Å². The Morgan fingerprint density at radius 3 is 2.80 bits per heavy atom. The summed E-state index contributed by atoms with van der Waals surface area (Å²) in [5.74, 6) is 0.476. The lowest BCUT2D eigenvalue weighted by molar-refractivity contribution is -0.111. The Hall–Kier alpha value is -4.02. The lowest BCUT2D eigenvalue weighted by Crippen LogP contribution is -2.36. The van der Waals surface area contributed by atoms with Crippen LogP contribution in [0.15, 0.2) is 66.6 Å². The molecule has 1 fully saturated rings. The van der Waals surface area contributed by atoms with E-state index in [0.29, 0.717) is 60.5 Å². The van der Waals surface area contributed by atoms with E-state index >= 15 is 0 Å². The first kappa shape index (κ1) is 22.8. The van der Waals surface area contributed by atoms with Crippen molar-refractivity contribution < 1.29 is 18.7 Å². The third kappa shape index (κ3) is 5.23. The summed E-state index contributed by atoms with van der Waals surface area (Å²) in [7, 11) is 0. The molecule has 1 aliphatic heterocycles. The van der Waals surface area contributed by atoms with Crippen molar-refractivity contribution in [3.8, 4) is 11.6 Å². The number of thiophene rings is 1. The van der Waals surface area contributed by atoms with Crippen molar-refractivity contribution in [1.29, 1.82) is 0 Å². The lowest BCUT2D eigenvalue weighted by atomic mass is 10.2. The van der Waals surface area contributed by atoms with Gasteiger partial charge >= 0.3 is 0 Å². The van der Waals surface area contributed by atoms with Crippen molar-refractivity contribution in [1.82, 2.24) is 9.97 Å². The van der Waals surface area contributed by atoms with E-state index in [9.17, 15) is 9.18 Å². The molecule has 1 saturated heterocycles. The molecule has 4 aromatic rings. The number of amides is 1. The molecule has 35 heavy (non-hydrogen) atoms. The molecule has 5 rings (SSSR count). The number of ether oxygens (including phenoxy) is 2. The molecule has 10 heteroatoms. The highest BCUT2D eigenvalue weighted by Gasteiger charge is 2.17. The number of nitrogens with zero attached hydrogens (tertiary/aromatic N) is 3. The molecule has 2 aromatic carbocycles. The van der Waals surface area contributed by atoms with Crippen LogP contribution in [-0.4, -0.2) is 42.2 Å². The number of benzene rings is 2. The monoisotopic (exact) mass is 491 g/mol. The van der Waals surface area contributed by atoms with Gasteiger partial charge in [0.05, 0.1) is 24.4 Å². The zero-order valence-electron chi connectivity index (χ0n) is 18.7. The van der Waals surface area contributed by atoms with Crippen LogP contribution in [0.1, 0.15) is 0 Å². The van der Waals surface area contributed by atoms with Crippen LogP contribution in [0.25, 0.3) is 10.2 Å².